The summed E-state index contributed by atoms with van der Waals surface area (Å²) < 4.78 is 0. The van der Waals surface area contributed by atoms with Crippen LogP contribution >= 0.6 is 22.7 Å². The largest absolute Gasteiger partial charge is 0.347 e. The van der Waals surface area contributed by atoms with Crippen molar-refractivity contribution >= 4 is 28.6 Å². The second-order valence-electron chi connectivity index (χ2n) is 7.51. The van der Waals surface area contributed by atoms with Crippen LogP contribution in [0.3, 0.4) is 0 Å². The van der Waals surface area contributed by atoms with Crippen molar-refractivity contribution in [1.29, 1.82) is 0 Å². The van der Waals surface area contributed by atoms with Gasteiger partial charge in [-0.2, -0.15) is 0 Å². The van der Waals surface area contributed by atoms with Crippen LogP contribution in [-0.4, -0.2) is 41.0 Å². The lowest BCUT2D eigenvalue weighted by Crippen LogP contribution is -2.39. The van der Waals surface area contributed by atoms with Gasteiger partial charge in [-0.15, -0.1) is 22.7 Å². The first kappa shape index (κ1) is 18.1. The Labute approximate surface area is 163 Å². The Hall–Kier alpha value is -1.24. The first-order chi connectivity index (χ1) is 12.7. The summed E-state index contributed by atoms with van der Waals surface area (Å²) in [5.41, 5.74) is 0.842. The summed E-state index contributed by atoms with van der Waals surface area (Å²) in [5.74, 6) is 0.0514. The van der Waals surface area contributed by atoms with E-state index in [0.29, 0.717) is 0 Å². The lowest BCUT2D eigenvalue weighted by atomic mass is 10.1. The van der Waals surface area contributed by atoms with E-state index in [9.17, 15) is 4.79 Å². The van der Waals surface area contributed by atoms with Crippen LogP contribution in [0.25, 0.3) is 9.88 Å². The predicted octanol–water partition coefficient (Wildman–Crippen LogP) is 4.71. The average molecular weight is 390 g/mol. The van der Waals surface area contributed by atoms with E-state index >= 15 is 0 Å². The average Bonchev–Trinajstić information content (AvgIpc) is 3.34. The molecule has 2 aromatic heterocycles. The highest BCUT2D eigenvalue weighted by molar-refractivity contribution is 7.22. The van der Waals surface area contributed by atoms with Crippen LogP contribution in [0, 0.1) is 6.92 Å². The number of thiophene rings is 1. The predicted molar refractivity (Wildman–Crippen MR) is 109 cm³/mol. The highest BCUT2D eigenvalue weighted by Gasteiger charge is 2.30. The Kier molecular flexibility index (Phi) is 5.72. The Morgan fingerprint density at radius 3 is 2.77 bits per heavy atom. The number of aromatic nitrogens is 1. The fourth-order valence-electron chi connectivity index (χ4n) is 4.22. The SMILES string of the molecule is Cc1nc(-c2cccs2)sc1C(=O)NC1CCN(C2CCCCCC2)C1. The first-order valence-electron chi connectivity index (χ1n) is 9.77. The molecule has 1 unspecified atom stereocenters. The minimum atomic E-state index is 0.0514. The molecule has 2 aliphatic rings. The maximum absolute atomic E-state index is 12.8. The zero-order valence-corrected chi connectivity index (χ0v) is 17.0. The van der Waals surface area contributed by atoms with Crippen LogP contribution in [0.2, 0.25) is 0 Å². The molecule has 0 radical (unpaired) electrons. The second kappa shape index (κ2) is 8.19. The molecule has 2 aromatic rings. The number of carbonyl (C=O) groups excluding carboxylic acids is 1. The van der Waals surface area contributed by atoms with Gasteiger partial charge in [-0.25, -0.2) is 4.98 Å². The summed E-state index contributed by atoms with van der Waals surface area (Å²) >= 11 is 3.18. The van der Waals surface area contributed by atoms with Gasteiger partial charge >= 0.3 is 0 Å². The van der Waals surface area contributed by atoms with E-state index in [4.69, 9.17) is 0 Å². The number of rotatable bonds is 4. The van der Waals surface area contributed by atoms with E-state index in [2.05, 4.69) is 21.3 Å². The van der Waals surface area contributed by atoms with Crippen molar-refractivity contribution in [3.8, 4) is 9.88 Å². The van der Waals surface area contributed by atoms with Crippen molar-refractivity contribution in [2.75, 3.05) is 13.1 Å². The molecule has 3 heterocycles. The number of thiazole rings is 1. The maximum Gasteiger partial charge on any atom is 0.263 e. The molecular weight excluding hydrogens is 362 g/mol. The number of aryl methyl sites for hydroxylation is 1. The number of hydrogen-bond donors (Lipinski definition) is 1. The third-order valence-electron chi connectivity index (χ3n) is 5.63. The van der Waals surface area contributed by atoms with Gasteiger partial charge in [0.25, 0.3) is 5.91 Å². The lowest BCUT2D eigenvalue weighted by Gasteiger charge is -2.26. The highest BCUT2D eigenvalue weighted by Crippen LogP contribution is 2.31. The van der Waals surface area contributed by atoms with Crippen LogP contribution in [0.15, 0.2) is 17.5 Å². The van der Waals surface area contributed by atoms with Crippen LogP contribution in [0.4, 0.5) is 0 Å². The molecule has 0 bridgehead atoms. The Balaban J connectivity index is 1.37. The van der Waals surface area contributed by atoms with Gasteiger partial charge in [0.15, 0.2) is 0 Å². The molecule has 6 heteroatoms. The minimum Gasteiger partial charge on any atom is -0.347 e. The quantitative estimate of drug-likeness (QED) is 0.771. The van der Waals surface area contributed by atoms with Gasteiger partial charge in [0.2, 0.25) is 0 Å². The summed E-state index contributed by atoms with van der Waals surface area (Å²) in [6, 6.07) is 5.09. The van der Waals surface area contributed by atoms with Crippen molar-refractivity contribution in [2.45, 2.75) is 64.0 Å². The highest BCUT2D eigenvalue weighted by atomic mass is 32.1. The third-order valence-corrected chi connectivity index (χ3v) is 7.83. The molecule has 1 N–H and O–H groups in total. The molecule has 1 atom stereocenters. The molecule has 4 nitrogen and oxygen atoms in total. The summed E-state index contributed by atoms with van der Waals surface area (Å²) in [6.45, 7) is 4.07. The second-order valence-corrected chi connectivity index (χ2v) is 9.46. The van der Waals surface area contributed by atoms with Crippen molar-refractivity contribution in [3.05, 3.63) is 28.1 Å². The van der Waals surface area contributed by atoms with E-state index in [0.717, 1.165) is 46.0 Å². The van der Waals surface area contributed by atoms with Gasteiger partial charge in [0, 0.05) is 25.2 Å². The zero-order valence-electron chi connectivity index (χ0n) is 15.4. The van der Waals surface area contributed by atoms with Gasteiger partial charge < -0.3 is 5.32 Å². The van der Waals surface area contributed by atoms with Crippen molar-refractivity contribution < 1.29 is 4.79 Å². The van der Waals surface area contributed by atoms with E-state index in [-0.39, 0.29) is 11.9 Å². The summed E-state index contributed by atoms with van der Waals surface area (Å²) in [4.78, 5) is 21.9. The van der Waals surface area contributed by atoms with Crippen LogP contribution < -0.4 is 5.32 Å². The lowest BCUT2D eigenvalue weighted by molar-refractivity contribution is 0.0939. The van der Waals surface area contributed by atoms with Crippen molar-refractivity contribution in [3.63, 3.8) is 0 Å². The number of nitrogens with one attached hydrogen (secondary N) is 1. The Bertz CT molecular complexity index is 732. The molecular formula is C20H27N3OS2. The van der Waals surface area contributed by atoms with Gasteiger partial charge in [0.05, 0.1) is 10.6 Å². The molecule has 4 rings (SSSR count). The van der Waals surface area contributed by atoms with Gasteiger partial charge in [-0.1, -0.05) is 31.7 Å². The fraction of sp³-hybridized carbons (Fsp3) is 0.600. The van der Waals surface area contributed by atoms with Crippen LogP contribution in [0.5, 0.6) is 0 Å². The molecule has 26 heavy (non-hydrogen) atoms. The maximum atomic E-state index is 12.8. The van der Waals surface area contributed by atoms with E-state index in [1.807, 2.05) is 18.4 Å². The number of likely N-dealkylation sites (tertiary alicyclic amines) is 1. The number of hydrogen-bond acceptors (Lipinski definition) is 5. The van der Waals surface area contributed by atoms with Gasteiger partial charge in [-0.3, -0.25) is 9.69 Å². The zero-order chi connectivity index (χ0) is 17.9. The number of amides is 1. The molecule has 1 aliphatic carbocycles. The molecule has 140 valence electrons. The first-order valence-corrected chi connectivity index (χ1v) is 11.5. The monoisotopic (exact) mass is 389 g/mol. The van der Waals surface area contributed by atoms with E-state index < -0.39 is 0 Å². The molecule has 1 saturated heterocycles. The third kappa shape index (κ3) is 4.02. The fourth-order valence-corrected chi connectivity index (χ4v) is 5.99. The van der Waals surface area contributed by atoms with E-state index in [1.54, 1.807) is 11.3 Å². The summed E-state index contributed by atoms with van der Waals surface area (Å²) in [7, 11) is 0. The number of nitrogens with zero attached hydrogens (tertiary/aromatic N) is 2. The molecule has 2 fully saturated rings. The van der Waals surface area contributed by atoms with Crippen LogP contribution in [0.1, 0.15) is 60.3 Å². The standard InChI is InChI=1S/C20H27N3OS2/c1-14-18(26-20(21-14)17-9-6-12-25-17)19(24)22-15-10-11-23(13-15)16-7-4-2-3-5-8-16/h6,9,12,15-16H,2-5,7-8,10-11,13H2,1H3,(H,22,24). The molecule has 0 aromatic carbocycles. The molecule has 1 aliphatic heterocycles. The smallest absolute Gasteiger partial charge is 0.263 e. The molecule has 0 spiro atoms. The summed E-state index contributed by atoms with van der Waals surface area (Å²) in [6.07, 6.45) is 9.24. The van der Waals surface area contributed by atoms with Crippen LogP contribution in [-0.2, 0) is 0 Å². The van der Waals surface area contributed by atoms with Gasteiger partial charge in [0.1, 0.15) is 9.88 Å². The normalized spacial score (nSPS) is 22.4. The number of carbonyl (C=O) groups is 1. The topological polar surface area (TPSA) is 45.2 Å². The minimum absolute atomic E-state index is 0.0514. The molecule has 1 saturated carbocycles. The van der Waals surface area contributed by atoms with Crippen molar-refractivity contribution in [2.24, 2.45) is 0 Å². The van der Waals surface area contributed by atoms with E-state index in [1.165, 1.54) is 49.9 Å². The Morgan fingerprint density at radius 2 is 2.04 bits per heavy atom. The van der Waals surface area contributed by atoms with Crippen molar-refractivity contribution in [1.82, 2.24) is 15.2 Å². The Morgan fingerprint density at radius 1 is 1.23 bits per heavy atom. The van der Waals surface area contributed by atoms with Gasteiger partial charge in [-0.05, 0) is 37.6 Å². The molecule has 1 amide bonds. The summed E-state index contributed by atoms with van der Waals surface area (Å²) in [5, 5.41) is 6.27.